The molecule has 1 saturated carbocycles. The van der Waals surface area contributed by atoms with Gasteiger partial charge in [0.2, 0.25) is 0 Å². The molecule has 16 heavy (non-hydrogen) atoms. The van der Waals surface area contributed by atoms with Crippen LogP contribution in [0.2, 0.25) is 0 Å². The zero-order chi connectivity index (χ0) is 12.0. The molecule has 0 atom stereocenters. The Morgan fingerprint density at radius 3 is 2.69 bits per heavy atom. The van der Waals surface area contributed by atoms with Gasteiger partial charge in [0.1, 0.15) is 6.54 Å². The Hall–Kier alpha value is -1.70. The maximum atomic E-state index is 11.6. The molecule has 0 radical (unpaired) electrons. The Labute approximate surface area is 94.8 Å². The SMILES string of the molecule is CC#CCCNC(=O)N(CC(=O)O)C1CC1. The van der Waals surface area contributed by atoms with Crippen LogP contribution in [0.1, 0.15) is 26.2 Å². The van der Waals surface area contributed by atoms with E-state index in [0.717, 1.165) is 12.8 Å². The van der Waals surface area contributed by atoms with E-state index < -0.39 is 5.97 Å². The quantitative estimate of drug-likeness (QED) is 0.532. The van der Waals surface area contributed by atoms with Crippen molar-refractivity contribution in [3.05, 3.63) is 0 Å². The molecule has 5 heteroatoms. The molecule has 0 saturated heterocycles. The second-order valence-corrected chi connectivity index (χ2v) is 3.66. The number of carbonyl (C=O) groups excluding carboxylic acids is 1. The van der Waals surface area contributed by atoms with Crippen LogP contribution in [0.15, 0.2) is 0 Å². The van der Waals surface area contributed by atoms with E-state index in [1.54, 1.807) is 6.92 Å². The monoisotopic (exact) mass is 224 g/mol. The second-order valence-electron chi connectivity index (χ2n) is 3.66. The smallest absolute Gasteiger partial charge is 0.323 e. The number of urea groups is 1. The summed E-state index contributed by atoms with van der Waals surface area (Å²) in [4.78, 5) is 23.6. The highest BCUT2D eigenvalue weighted by Gasteiger charge is 2.33. The molecular formula is C11H16N2O3. The summed E-state index contributed by atoms with van der Waals surface area (Å²) in [5, 5.41) is 11.3. The summed E-state index contributed by atoms with van der Waals surface area (Å²) in [6.07, 6.45) is 2.39. The van der Waals surface area contributed by atoms with Gasteiger partial charge in [0.05, 0.1) is 0 Å². The molecule has 5 nitrogen and oxygen atoms in total. The van der Waals surface area contributed by atoms with Crippen molar-refractivity contribution in [1.82, 2.24) is 10.2 Å². The zero-order valence-corrected chi connectivity index (χ0v) is 9.32. The van der Waals surface area contributed by atoms with E-state index in [9.17, 15) is 9.59 Å². The van der Waals surface area contributed by atoms with Gasteiger partial charge in [-0.05, 0) is 19.8 Å². The predicted octanol–water partition coefficient (Wildman–Crippen LogP) is 0.658. The van der Waals surface area contributed by atoms with Gasteiger partial charge < -0.3 is 15.3 Å². The molecule has 88 valence electrons. The van der Waals surface area contributed by atoms with Crippen molar-refractivity contribution in [2.75, 3.05) is 13.1 Å². The molecule has 1 fully saturated rings. The van der Waals surface area contributed by atoms with Crippen molar-refractivity contribution in [3.63, 3.8) is 0 Å². The summed E-state index contributed by atoms with van der Waals surface area (Å²) in [5.41, 5.74) is 0. The van der Waals surface area contributed by atoms with Crippen molar-refractivity contribution in [3.8, 4) is 11.8 Å². The van der Waals surface area contributed by atoms with Gasteiger partial charge >= 0.3 is 12.0 Å². The summed E-state index contributed by atoms with van der Waals surface area (Å²) in [5.74, 6) is 4.58. The Morgan fingerprint density at radius 1 is 1.50 bits per heavy atom. The molecule has 0 aromatic carbocycles. The van der Waals surface area contributed by atoms with Gasteiger partial charge in [-0.25, -0.2) is 4.79 Å². The van der Waals surface area contributed by atoms with Gasteiger partial charge in [-0.15, -0.1) is 11.8 Å². The number of hydrogen-bond donors (Lipinski definition) is 2. The lowest BCUT2D eigenvalue weighted by Crippen LogP contribution is -2.44. The largest absolute Gasteiger partial charge is 0.480 e. The standard InChI is InChI=1S/C11H16N2O3/c1-2-3-4-7-12-11(16)13(8-10(14)15)9-5-6-9/h9H,4-8H2,1H3,(H,12,16)(H,14,15). The number of nitrogens with zero attached hydrogens (tertiary/aromatic N) is 1. The molecule has 0 spiro atoms. The van der Waals surface area contributed by atoms with Crippen molar-refractivity contribution in [1.29, 1.82) is 0 Å². The summed E-state index contributed by atoms with van der Waals surface area (Å²) < 4.78 is 0. The zero-order valence-electron chi connectivity index (χ0n) is 9.32. The number of carboxylic acids is 1. The third-order valence-electron chi connectivity index (χ3n) is 2.26. The van der Waals surface area contributed by atoms with Crippen LogP contribution < -0.4 is 5.32 Å². The highest BCUT2D eigenvalue weighted by molar-refractivity contribution is 5.80. The van der Waals surface area contributed by atoms with Gasteiger partial charge in [0.25, 0.3) is 0 Å². The Balaban J connectivity index is 2.34. The molecule has 0 aromatic heterocycles. The minimum absolute atomic E-state index is 0.105. The molecule has 0 unspecified atom stereocenters. The van der Waals surface area contributed by atoms with Gasteiger partial charge in [-0.3, -0.25) is 4.79 Å². The first-order valence-electron chi connectivity index (χ1n) is 5.31. The van der Waals surface area contributed by atoms with Gasteiger partial charge in [0, 0.05) is 19.0 Å². The van der Waals surface area contributed by atoms with Crippen LogP contribution in [-0.2, 0) is 4.79 Å². The highest BCUT2D eigenvalue weighted by atomic mass is 16.4. The van der Waals surface area contributed by atoms with E-state index in [4.69, 9.17) is 5.11 Å². The third kappa shape index (κ3) is 4.22. The molecule has 0 bridgehead atoms. The fraction of sp³-hybridized carbons (Fsp3) is 0.636. The molecule has 1 aliphatic carbocycles. The molecule has 2 amide bonds. The van der Waals surface area contributed by atoms with Crippen LogP contribution in [-0.4, -0.2) is 41.1 Å². The summed E-state index contributed by atoms with van der Waals surface area (Å²) >= 11 is 0. The molecule has 0 aliphatic heterocycles. The van der Waals surface area contributed by atoms with Crippen molar-refractivity contribution >= 4 is 12.0 Å². The predicted molar refractivity (Wildman–Crippen MR) is 58.8 cm³/mol. The lowest BCUT2D eigenvalue weighted by Gasteiger charge is -2.20. The maximum Gasteiger partial charge on any atom is 0.323 e. The topological polar surface area (TPSA) is 69.6 Å². The summed E-state index contributed by atoms with van der Waals surface area (Å²) in [6.45, 7) is 1.97. The number of nitrogens with one attached hydrogen (secondary N) is 1. The van der Waals surface area contributed by atoms with Gasteiger partial charge in [0.15, 0.2) is 0 Å². The molecule has 0 aromatic rings. The Morgan fingerprint density at radius 2 is 2.19 bits per heavy atom. The second kappa shape index (κ2) is 6.01. The Kier molecular flexibility index (Phi) is 4.65. The van der Waals surface area contributed by atoms with E-state index >= 15 is 0 Å². The van der Waals surface area contributed by atoms with Gasteiger partial charge in [-0.1, -0.05) is 0 Å². The number of rotatable bonds is 5. The molecule has 1 rings (SSSR count). The lowest BCUT2D eigenvalue weighted by atomic mass is 10.4. The van der Waals surface area contributed by atoms with E-state index in [0.29, 0.717) is 13.0 Å². The first kappa shape index (κ1) is 12.4. The average Bonchev–Trinajstić information content (AvgIpc) is 3.04. The van der Waals surface area contributed by atoms with Gasteiger partial charge in [-0.2, -0.15) is 0 Å². The van der Waals surface area contributed by atoms with E-state index in [-0.39, 0.29) is 18.6 Å². The fourth-order valence-corrected chi connectivity index (χ4v) is 1.36. The fourth-order valence-electron chi connectivity index (χ4n) is 1.36. The number of aliphatic carboxylic acids is 1. The minimum Gasteiger partial charge on any atom is -0.480 e. The first-order chi connectivity index (χ1) is 7.65. The third-order valence-corrected chi connectivity index (χ3v) is 2.26. The van der Waals surface area contributed by atoms with Crippen LogP contribution in [0, 0.1) is 11.8 Å². The first-order valence-corrected chi connectivity index (χ1v) is 5.31. The average molecular weight is 224 g/mol. The maximum absolute atomic E-state index is 11.6. The molecule has 2 N–H and O–H groups in total. The van der Waals surface area contributed by atoms with E-state index in [1.165, 1.54) is 4.90 Å². The normalized spacial score (nSPS) is 13.6. The molecule has 0 heterocycles. The minimum atomic E-state index is -0.976. The number of carbonyl (C=O) groups is 2. The number of hydrogen-bond acceptors (Lipinski definition) is 2. The molecular weight excluding hydrogens is 208 g/mol. The van der Waals surface area contributed by atoms with Crippen molar-refractivity contribution in [2.45, 2.75) is 32.2 Å². The van der Waals surface area contributed by atoms with E-state index in [1.807, 2.05) is 0 Å². The molecule has 1 aliphatic rings. The van der Waals surface area contributed by atoms with Crippen molar-refractivity contribution < 1.29 is 14.7 Å². The van der Waals surface area contributed by atoms with Crippen LogP contribution >= 0.6 is 0 Å². The lowest BCUT2D eigenvalue weighted by molar-refractivity contribution is -0.137. The number of amides is 2. The van der Waals surface area contributed by atoms with E-state index in [2.05, 4.69) is 17.2 Å². The summed E-state index contributed by atoms with van der Waals surface area (Å²) in [7, 11) is 0. The van der Waals surface area contributed by atoms with Crippen LogP contribution in [0.4, 0.5) is 4.79 Å². The van der Waals surface area contributed by atoms with Crippen LogP contribution in [0.25, 0.3) is 0 Å². The van der Waals surface area contributed by atoms with Crippen LogP contribution in [0.3, 0.4) is 0 Å². The summed E-state index contributed by atoms with van der Waals surface area (Å²) in [6, 6.07) is -0.198. The van der Waals surface area contributed by atoms with Crippen LogP contribution in [0.5, 0.6) is 0 Å². The highest BCUT2D eigenvalue weighted by Crippen LogP contribution is 2.26. The van der Waals surface area contributed by atoms with Crippen molar-refractivity contribution in [2.24, 2.45) is 0 Å². The number of carboxylic acid groups (broad SMARTS) is 1. The Bertz CT molecular complexity index is 326.